The molecule has 0 amide bonds. The Morgan fingerprint density at radius 2 is 2.15 bits per heavy atom. The van der Waals surface area contributed by atoms with Crippen LogP contribution in [0.5, 0.6) is 0 Å². The van der Waals surface area contributed by atoms with Gasteiger partial charge in [0.2, 0.25) is 0 Å². The van der Waals surface area contributed by atoms with E-state index in [-0.39, 0.29) is 24.0 Å². The Hall–Kier alpha value is -1.68. The molecule has 20 heavy (non-hydrogen) atoms. The van der Waals surface area contributed by atoms with E-state index < -0.39 is 5.82 Å². The number of benzene rings is 1. The van der Waals surface area contributed by atoms with Crippen LogP contribution in [-0.2, 0) is 0 Å². The van der Waals surface area contributed by atoms with Crippen LogP contribution >= 0.6 is 0 Å². The fourth-order valence-corrected chi connectivity index (χ4v) is 3.45. The molecule has 3 nitrogen and oxygen atoms in total. The Bertz CT molecular complexity index is 707. The first-order chi connectivity index (χ1) is 9.61. The molecule has 1 fully saturated rings. The molecular formula is C16H18FNO2. The van der Waals surface area contributed by atoms with E-state index in [9.17, 15) is 14.3 Å². The molecule has 1 N–H and O–H groups in total. The average Bonchev–Trinajstić information content (AvgIpc) is 2.88. The van der Waals surface area contributed by atoms with Crippen LogP contribution < -0.4 is 5.43 Å². The Kier molecular flexibility index (Phi) is 3.34. The largest absolute Gasteiger partial charge is 0.396 e. The minimum Gasteiger partial charge on any atom is -0.396 e. The molecule has 1 aromatic heterocycles. The molecule has 3 rings (SSSR count). The third-order valence-electron chi connectivity index (χ3n) is 4.39. The normalized spacial score (nSPS) is 22.6. The van der Waals surface area contributed by atoms with E-state index in [4.69, 9.17) is 0 Å². The number of hydrogen-bond donors (Lipinski definition) is 1. The Balaban J connectivity index is 2.27. The molecular weight excluding hydrogens is 257 g/mol. The van der Waals surface area contributed by atoms with Crippen molar-refractivity contribution >= 4 is 10.9 Å². The van der Waals surface area contributed by atoms with E-state index in [1.54, 1.807) is 12.1 Å². The average molecular weight is 275 g/mol. The van der Waals surface area contributed by atoms with Gasteiger partial charge in [0, 0.05) is 35.7 Å². The SMILES string of the molecule is Cc1cc(=O)c2cc(F)ccc2n1[C@H]1CCC[C@@H]1CO. The molecule has 1 aromatic carbocycles. The lowest BCUT2D eigenvalue weighted by atomic mass is 10.0. The van der Waals surface area contributed by atoms with Crippen molar-refractivity contribution < 1.29 is 9.50 Å². The van der Waals surface area contributed by atoms with Crippen LogP contribution in [0.3, 0.4) is 0 Å². The second-order valence-electron chi connectivity index (χ2n) is 5.62. The van der Waals surface area contributed by atoms with Crippen LogP contribution in [0.2, 0.25) is 0 Å². The highest BCUT2D eigenvalue weighted by Crippen LogP contribution is 2.37. The molecule has 2 atom stereocenters. The van der Waals surface area contributed by atoms with Gasteiger partial charge in [0.05, 0.1) is 5.52 Å². The third-order valence-corrected chi connectivity index (χ3v) is 4.39. The summed E-state index contributed by atoms with van der Waals surface area (Å²) in [6, 6.07) is 6.12. The summed E-state index contributed by atoms with van der Waals surface area (Å²) in [5, 5.41) is 9.94. The number of fused-ring (bicyclic) bond motifs is 1. The molecule has 4 heteroatoms. The Morgan fingerprint density at radius 3 is 2.90 bits per heavy atom. The van der Waals surface area contributed by atoms with Gasteiger partial charge in [-0.05, 0) is 38.0 Å². The minimum atomic E-state index is -0.393. The maximum atomic E-state index is 13.4. The first-order valence-electron chi connectivity index (χ1n) is 7.04. The second kappa shape index (κ2) is 5.02. The smallest absolute Gasteiger partial charge is 0.189 e. The van der Waals surface area contributed by atoms with E-state index in [1.807, 2.05) is 6.92 Å². The lowest BCUT2D eigenvalue weighted by Crippen LogP contribution is -2.22. The highest BCUT2D eigenvalue weighted by Gasteiger charge is 2.29. The number of aliphatic hydroxyl groups excluding tert-OH is 1. The lowest BCUT2D eigenvalue weighted by Gasteiger charge is -2.25. The zero-order valence-corrected chi connectivity index (χ0v) is 11.5. The van der Waals surface area contributed by atoms with E-state index in [0.29, 0.717) is 5.39 Å². The van der Waals surface area contributed by atoms with Gasteiger partial charge in [-0.2, -0.15) is 0 Å². The summed E-state index contributed by atoms with van der Waals surface area (Å²) in [5.74, 6) is -0.181. The van der Waals surface area contributed by atoms with E-state index in [2.05, 4.69) is 4.57 Å². The first-order valence-corrected chi connectivity index (χ1v) is 7.04. The van der Waals surface area contributed by atoms with Crippen molar-refractivity contribution in [1.29, 1.82) is 0 Å². The zero-order valence-electron chi connectivity index (χ0n) is 11.5. The first kappa shape index (κ1) is 13.3. The van der Waals surface area contributed by atoms with Crippen LogP contribution in [0.25, 0.3) is 10.9 Å². The molecule has 0 unspecified atom stereocenters. The number of aliphatic hydroxyl groups is 1. The van der Waals surface area contributed by atoms with Crippen molar-refractivity contribution in [3.63, 3.8) is 0 Å². The van der Waals surface area contributed by atoms with Crippen LogP contribution in [0.1, 0.15) is 31.0 Å². The van der Waals surface area contributed by atoms with Crippen LogP contribution in [0.4, 0.5) is 4.39 Å². The van der Waals surface area contributed by atoms with Crippen molar-refractivity contribution in [2.24, 2.45) is 5.92 Å². The van der Waals surface area contributed by atoms with Crippen molar-refractivity contribution in [1.82, 2.24) is 4.57 Å². The van der Waals surface area contributed by atoms with Crippen molar-refractivity contribution in [3.05, 3.63) is 46.0 Å². The topological polar surface area (TPSA) is 42.2 Å². The molecule has 1 aliphatic rings. The molecule has 0 saturated heterocycles. The number of pyridine rings is 1. The Morgan fingerprint density at radius 1 is 1.35 bits per heavy atom. The predicted molar refractivity (Wildman–Crippen MR) is 76.4 cm³/mol. The number of rotatable bonds is 2. The molecule has 0 aliphatic heterocycles. The second-order valence-corrected chi connectivity index (χ2v) is 5.62. The Labute approximate surface area is 116 Å². The number of halogens is 1. The number of aryl methyl sites for hydroxylation is 1. The molecule has 106 valence electrons. The van der Waals surface area contributed by atoms with E-state index >= 15 is 0 Å². The van der Waals surface area contributed by atoms with Gasteiger partial charge in [-0.15, -0.1) is 0 Å². The molecule has 0 radical (unpaired) electrons. The van der Waals surface area contributed by atoms with Gasteiger partial charge in [0.15, 0.2) is 5.43 Å². The summed E-state index contributed by atoms with van der Waals surface area (Å²) in [4.78, 5) is 12.0. The minimum absolute atomic E-state index is 0.146. The molecule has 1 heterocycles. The third kappa shape index (κ3) is 2.04. The van der Waals surface area contributed by atoms with Crippen molar-refractivity contribution in [3.8, 4) is 0 Å². The van der Waals surface area contributed by atoms with Gasteiger partial charge < -0.3 is 9.67 Å². The van der Waals surface area contributed by atoms with Crippen LogP contribution in [0.15, 0.2) is 29.1 Å². The van der Waals surface area contributed by atoms with Crippen LogP contribution in [0, 0.1) is 18.7 Å². The summed E-state index contributed by atoms with van der Waals surface area (Å²) in [5.41, 5.74) is 1.49. The summed E-state index contributed by atoms with van der Waals surface area (Å²) >= 11 is 0. The lowest BCUT2D eigenvalue weighted by molar-refractivity contribution is 0.197. The molecule has 0 bridgehead atoms. The maximum Gasteiger partial charge on any atom is 0.189 e. The molecule has 0 spiro atoms. The van der Waals surface area contributed by atoms with Gasteiger partial charge in [-0.25, -0.2) is 4.39 Å². The van der Waals surface area contributed by atoms with E-state index in [1.165, 1.54) is 12.1 Å². The highest BCUT2D eigenvalue weighted by atomic mass is 19.1. The molecule has 1 saturated carbocycles. The van der Waals surface area contributed by atoms with Crippen LogP contribution in [-0.4, -0.2) is 16.3 Å². The number of nitrogens with zero attached hydrogens (tertiary/aromatic N) is 1. The summed E-state index contributed by atoms with van der Waals surface area (Å²) < 4.78 is 15.5. The highest BCUT2D eigenvalue weighted by molar-refractivity contribution is 5.79. The van der Waals surface area contributed by atoms with Crippen molar-refractivity contribution in [2.75, 3.05) is 6.61 Å². The molecule has 1 aliphatic carbocycles. The van der Waals surface area contributed by atoms with Gasteiger partial charge in [-0.1, -0.05) is 6.42 Å². The van der Waals surface area contributed by atoms with Gasteiger partial charge in [-0.3, -0.25) is 4.79 Å². The maximum absolute atomic E-state index is 13.4. The standard InChI is InChI=1S/C16H18FNO2/c1-10-7-16(20)13-8-12(17)5-6-15(13)18(10)14-4-2-3-11(14)9-19/h5-8,11,14,19H,2-4,9H2,1H3/t11-,14+/m1/s1. The van der Waals surface area contributed by atoms with Gasteiger partial charge in [0.1, 0.15) is 5.82 Å². The fraction of sp³-hybridized carbons (Fsp3) is 0.438. The van der Waals surface area contributed by atoms with Gasteiger partial charge >= 0.3 is 0 Å². The quantitative estimate of drug-likeness (QED) is 0.915. The molecule has 2 aromatic rings. The fourth-order valence-electron chi connectivity index (χ4n) is 3.45. The summed E-state index contributed by atoms with van der Waals surface area (Å²) in [6.07, 6.45) is 3.06. The monoisotopic (exact) mass is 275 g/mol. The number of aromatic nitrogens is 1. The summed E-state index contributed by atoms with van der Waals surface area (Å²) in [6.45, 7) is 2.05. The van der Waals surface area contributed by atoms with Crippen molar-refractivity contribution in [2.45, 2.75) is 32.2 Å². The van der Waals surface area contributed by atoms with Gasteiger partial charge in [0.25, 0.3) is 0 Å². The van der Waals surface area contributed by atoms with E-state index in [0.717, 1.165) is 30.5 Å². The predicted octanol–water partition coefficient (Wildman–Crippen LogP) is 2.78. The number of hydrogen-bond acceptors (Lipinski definition) is 2. The summed E-state index contributed by atoms with van der Waals surface area (Å²) in [7, 11) is 0. The zero-order chi connectivity index (χ0) is 14.3.